The van der Waals surface area contributed by atoms with Gasteiger partial charge in [0.15, 0.2) is 5.82 Å². The zero-order valence-electron chi connectivity index (χ0n) is 19.7. The standard InChI is InChI=1S/C25H31FN6O2/c1-15-7-17-11-27-32(23(17)9-21(15)20-3-4-30(5-6-33)13-22(20)26)25-10-24(28-16(2)29-25)31-12-19-8-18(31)14-34-19/h7,9-11,18-20,22,33H,3-6,8,12-14H2,1-2H3/t18-,19-,20-,22-/m1/s1. The Morgan fingerprint density at radius 1 is 1.15 bits per heavy atom. The van der Waals surface area contributed by atoms with Gasteiger partial charge in [-0.25, -0.2) is 19.0 Å². The average molecular weight is 467 g/mol. The number of ether oxygens (including phenoxy) is 1. The molecule has 1 N–H and O–H groups in total. The first-order chi connectivity index (χ1) is 16.5. The maximum absolute atomic E-state index is 15.2. The fourth-order valence-electron chi connectivity index (χ4n) is 5.92. The molecule has 6 rings (SSSR count). The second-order valence-corrected chi connectivity index (χ2v) is 9.89. The Hall–Kier alpha value is -2.62. The number of aliphatic hydroxyl groups is 1. The van der Waals surface area contributed by atoms with Crippen LogP contribution in [0.4, 0.5) is 10.2 Å². The summed E-state index contributed by atoms with van der Waals surface area (Å²) < 4.78 is 22.8. The predicted molar refractivity (Wildman–Crippen MR) is 127 cm³/mol. The second kappa shape index (κ2) is 8.55. The zero-order valence-corrected chi connectivity index (χ0v) is 19.7. The largest absolute Gasteiger partial charge is 0.395 e. The molecule has 0 saturated carbocycles. The molecule has 0 amide bonds. The van der Waals surface area contributed by atoms with Crippen molar-refractivity contribution in [2.24, 2.45) is 0 Å². The highest BCUT2D eigenvalue weighted by molar-refractivity contribution is 5.82. The number of nitrogens with zero attached hydrogens (tertiary/aromatic N) is 6. The summed E-state index contributed by atoms with van der Waals surface area (Å²) in [6.07, 6.45) is 2.96. The number of halogens is 1. The molecule has 3 aromatic rings. The van der Waals surface area contributed by atoms with Gasteiger partial charge < -0.3 is 14.7 Å². The van der Waals surface area contributed by atoms with E-state index in [0.717, 1.165) is 66.2 Å². The maximum Gasteiger partial charge on any atom is 0.159 e. The van der Waals surface area contributed by atoms with Gasteiger partial charge in [-0.2, -0.15) is 5.10 Å². The van der Waals surface area contributed by atoms with Gasteiger partial charge in [-0.1, -0.05) is 0 Å². The van der Waals surface area contributed by atoms with Crippen LogP contribution in [0.25, 0.3) is 16.7 Å². The number of β-amino-alcohol motifs (C(OH)–C–C–N with tert-alkyl or cyclic N) is 1. The number of hydrogen-bond acceptors (Lipinski definition) is 7. The molecule has 5 heterocycles. The fraction of sp³-hybridized carbons (Fsp3) is 0.560. The molecule has 0 radical (unpaired) electrons. The molecule has 4 atom stereocenters. The van der Waals surface area contributed by atoms with Crippen LogP contribution in [0.3, 0.4) is 0 Å². The van der Waals surface area contributed by atoms with Gasteiger partial charge in [0.05, 0.1) is 37.1 Å². The minimum atomic E-state index is -0.964. The number of anilines is 1. The smallest absolute Gasteiger partial charge is 0.159 e. The number of hydrogen-bond donors (Lipinski definition) is 1. The van der Waals surface area contributed by atoms with Crippen molar-refractivity contribution < 1.29 is 14.2 Å². The van der Waals surface area contributed by atoms with Crippen molar-refractivity contribution >= 4 is 16.7 Å². The Morgan fingerprint density at radius 2 is 2.00 bits per heavy atom. The SMILES string of the molecule is Cc1nc(N2C[C@H]3C[C@@H]2CO3)cc(-n2ncc3cc(C)c([C@H]4CCN(CCO)C[C@H]4F)cc32)n1. The van der Waals surface area contributed by atoms with Gasteiger partial charge >= 0.3 is 0 Å². The summed E-state index contributed by atoms with van der Waals surface area (Å²) in [5, 5.41) is 14.9. The number of aliphatic hydroxyl groups excluding tert-OH is 1. The number of rotatable bonds is 5. The molecular formula is C25H31FN6O2. The van der Waals surface area contributed by atoms with Crippen molar-refractivity contribution in [1.82, 2.24) is 24.6 Å². The molecule has 0 spiro atoms. The maximum atomic E-state index is 15.2. The summed E-state index contributed by atoms with van der Waals surface area (Å²) in [7, 11) is 0. The summed E-state index contributed by atoms with van der Waals surface area (Å²) in [5.74, 6) is 2.18. The van der Waals surface area contributed by atoms with Gasteiger partial charge in [-0.05, 0) is 56.5 Å². The van der Waals surface area contributed by atoms with E-state index in [2.05, 4.69) is 29.1 Å². The lowest BCUT2D eigenvalue weighted by molar-refractivity contribution is 0.0988. The number of piperidine rings is 1. The molecule has 180 valence electrons. The van der Waals surface area contributed by atoms with Gasteiger partial charge in [0.2, 0.25) is 0 Å². The highest BCUT2D eigenvalue weighted by Gasteiger charge is 2.40. The summed E-state index contributed by atoms with van der Waals surface area (Å²) in [6, 6.07) is 6.57. The van der Waals surface area contributed by atoms with E-state index < -0.39 is 6.17 Å². The van der Waals surface area contributed by atoms with E-state index in [1.807, 2.05) is 28.8 Å². The van der Waals surface area contributed by atoms with E-state index in [-0.39, 0.29) is 18.6 Å². The van der Waals surface area contributed by atoms with Gasteiger partial charge in [0.25, 0.3) is 0 Å². The number of aromatic nitrogens is 4. The van der Waals surface area contributed by atoms with Gasteiger partial charge in [0.1, 0.15) is 17.8 Å². The van der Waals surface area contributed by atoms with Crippen LogP contribution in [0.15, 0.2) is 24.4 Å². The van der Waals surface area contributed by atoms with Crippen molar-refractivity contribution in [3.63, 3.8) is 0 Å². The van der Waals surface area contributed by atoms with Gasteiger partial charge in [-0.3, -0.25) is 4.90 Å². The van der Waals surface area contributed by atoms with Crippen molar-refractivity contribution in [2.75, 3.05) is 44.3 Å². The third-order valence-corrected chi connectivity index (χ3v) is 7.62. The molecular weight excluding hydrogens is 435 g/mol. The van der Waals surface area contributed by atoms with E-state index in [4.69, 9.17) is 14.7 Å². The molecule has 2 bridgehead atoms. The molecule has 34 heavy (non-hydrogen) atoms. The Labute approximate surface area is 198 Å². The van der Waals surface area contributed by atoms with Crippen molar-refractivity contribution in [2.45, 2.75) is 50.9 Å². The van der Waals surface area contributed by atoms with Gasteiger partial charge in [0, 0.05) is 37.0 Å². The molecule has 9 heteroatoms. The topological polar surface area (TPSA) is 79.5 Å². The Morgan fingerprint density at radius 3 is 2.74 bits per heavy atom. The number of aryl methyl sites for hydroxylation is 2. The Bertz CT molecular complexity index is 1220. The first-order valence-corrected chi connectivity index (χ1v) is 12.2. The zero-order chi connectivity index (χ0) is 23.4. The van der Waals surface area contributed by atoms with E-state index in [1.54, 1.807) is 0 Å². The van der Waals surface area contributed by atoms with Crippen LogP contribution >= 0.6 is 0 Å². The number of fused-ring (bicyclic) bond motifs is 3. The molecule has 0 unspecified atom stereocenters. The monoisotopic (exact) mass is 466 g/mol. The molecule has 8 nitrogen and oxygen atoms in total. The van der Waals surface area contributed by atoms with Crippen LogP contribution in [0.5, 0.6) is 0 Å². The molecule has 0 aliphatic carbocycles. The van der Waals surface area contributed by atoms with E-state index in [9.17, 15) is 5.11 Å². The van der Waals surface area contributed by atoms with E-state index in [0.29, 0.717) is 25.0 Å². The lowest BCUT2D eigenvalue weighted by Gasteiger charge is -2.35. The van der Waals surface area contributed by atoms with Crippen LogP contribution < -0.4 is 4.90 Å². The Balaban J connectivity index is 1.36. The van der Waals surface area contributed by atoms with E-state index >= 15 is 4.39 Å². The number of benzene rings is 1. The predicted octanol–water partition coefficient (Wildman–Crippen LogP) is 2.53. The number of alkyl halides is 1. The Kier molecular flexibility index (Phi) is 5.50. The molecule has 3 saturated heterocycles. The van der Waals surface area contributed by atoms with Crippen molar-refractivity contribution in [1.29, 1.82) is 0 Å². The van der Waals surface area contributed by atoms with Crippen LogP contribution in [-0.4, -0.2) is 87.5 Å². The van der Waals surface area contributed by atoms with Crippen LogP contribution in [0.2, 0.25) is 0 Å². The van der Waals surface area contributed by atoms with Crippen LogP contribution in [0.1, 0.15) is 35.7 Å². The molecule has 1 aromatic carbocycles. The second-order valence-electron chi connectivity index (χ2n) is 9.89. The number of morpholine rings is 1. The highest BCUT2D eigenvalue weighted by atomic mass is 19.1. The highest BCUT2D eigenvalue weighted by Crippen LogP contribution is 2.36. The first kappa shape index (κ1) is 21.9. The normalized spacial score (nSPS) is 27.2. The quantitative estimate of drug-likeness (QED) is 0.619. The summed E-state index contributed by atoms with van der Waals surface area (Å²) in [4.78, 5) is 13.7. The minimum Gasteiger partial charge on any atom is -0.395 e. The molecule has 3 aliphatic rings. The van der Waals surface area contributed by atoms with E-state index in [1.165, 1.54) is 0 Å². The van der Waals surface area contributed by atoms with Crippen molar-refractivity contribution in [3.8, 4) is 5.82 Å². The summed E-state index contributed by atoms with van der Waals surface area (Å²) >= 11 is 0. The minimum absolute atomic E-state index is 0.0632. The fourth-order valence-corrected chi connectivity index (χ4v) is 5.92. The number of likely N-dealkylation sites (tertiary alicyclic amines) is 1. The first-order valence-electron chi connectivity index (χ1n) is 12.2. The third-order valence-electron chi connectivity index (χ3n) is 7.62. The summed E-state index contributed by atoms with van der Waals surface area (Å²) in [6.45, 7) is 7.31. The molecule has 2 aromatic heterocycles. The third kappa shape index (κ3) is 3.76. The lowest BCUT2D eigenvalue weighted by atomic mass is 9.85. The van der Waals surface area contributed by atoms with Crippen LogP contribution in [-0.2, 0) is 4.74 Å². The van der Waals surface area contributed by atoms with Crippen molar-refractivity contribution in [3.05, 3.63) is 41.3 Å². The molecule has 3 aliphatic heterocycles. The van der Waals surface area contributed by atoms with Gasteiger partial charge in [-0.15, -0.1) is 0 Å². The lowest BCUT2D eigenvalue weighted by Crippen LogP contribution is -2.42. The average Bonchev–Trinajstić information content (AvgIpc) is 3.54. The van der Waals surface area contributed by atoms with Crippen LogP contribution in [0, 0.1) is 13.8 Å². The summed E-state index contributed by atoms with van der Waals surface area (Å²) in [5.41, 5.74) is 3.05. The molecule has 3 fully saturated rings.